The number of hydrogen-bond donors (Lipinski definition) is 1. The highest BCUT2D eigenvalue weighted by atomic mass is 32.1. The van der Waals surface area contributed by atoms with Crippen molar-refractivity contribution in [2.24, 2.45) is 0 Å². The largest absolute Gasteiger partial charge is 0.349 e. The van der Waals surface area contributed by atoms with E-state index in [1.807, 2.05) is 5.38 Å². The van der Waals surface area contributed by atoms with Crippen molar-refractivity contribution in [1.29, 1.82) is 0 Å². The van der Waals surface area contributed by atoms with E-state index in [9.17, 15) is 4.79 Å². The van der Waals surface area contributed by atoms with E-state index >= 15 is 0 Å². The van der Waals surface area contributed by atoms with E-state index in [1.54, 1.807) is 6.20 Å². The van der Waals surface area contributed by atoms with Gasteiger partial charge in [0.05, 0.1) is 0 Å². The number of carbonyl (C=O) groups excluding carboxylic acids is 1. The Bertz CT molecular complexity index is 328. The zero-order valence-corrected chi connectivity index (χ0v) is 11.8. The molecular formula is C12H21N3OS. The molecule has 0 aliphatic carbocycles. The Morgan fingerprint density at radius 3 is 2.53 bits per heavy atom. The summed E-state index contributed by atoms with van der Waals surface area (Å²) in [5.41, 5.74) is 0. The van der Waals surface area contributed by atoms with Gasteiger partial charge in [0, 0.05) is 36.8 Å². The molecule has 96 valence electrons. The quantitative estimate of drug-likeness (QED) is 0.845. The Kier molecular flexibility index (Phi) is 5.58. The van der Waals surface area contributed by atoms with Crippen molar-refractivity contribution in [2.75, 3.05) is 13.1 Å². The highest BCUT2D eigenvalue weighted by molar-refractivity contribution is 7.11. The molecule has 1 aromatic rings. The van der Waals surface area contributed by atoms with Crippen LogP contribution in [0.3, 0.4) is 0 Å². The van der Waals surface area contributed by atoms with Gasteiger partial charge in [-0.15, -0.1) is 11.3 Å². The first-order valence-electron chi connectivity index (χ1n) is 5.95. The van der Waals surface area contributed by atoms with Crippen LogP contribution in [0.25, 0.3) is 0 Å². The fraction of sp³-hybridized carbons (Fsp3) is 0.667. The van der Waals surface area contributed by atoms with Gasteiger partial charge < -0.3 is 5.32 Å². The molecule has 1 rings (SSSR count). The van der Waals surface area contributed by atoms with Crippen molar-refractivity contribution in [3.05, 3.63) is 16.6 Å². The molecule has 0 saturated heterocycles. The predicted octanol–water partition coefficient (Wildman–Crippen LogP) is 1.99. The molecule has 0 unspecified atom stereocenters. The Balaban J connectivity index is 2.34. The van der Waals surface area contributed by atoms with Gasteiger partial charge in [0.1, 0.15) is 0 Å². The molecule has 0 spiro atoms. The number of thiazole rings is 1. The molecule has 0 aliphatic rings. The lowest BCUT2D eigenvalue weighted by atomic mass is 10.2. The molecule has 0 fully saturated rings. The molecule has 0 radical (unpaired) electrons. The minimum Gasteiger partial charge on any atom is -0.349 e. The number of aromatic nitrogens is 1. The van der Waals surface area contributed by atoms with E-state index in [0.717, 1.165) is 6.54 Å². The van der Waals surface area contributed by atoms with E-state index in [0.29, 0.717) is 23.6 Å². The molecule has 1 amide bonds. The number of hydrogen-bond acceptors (Lipinski definition) is 4. The third-order valence-corrected chi connectivity index (χ3v) is 3.38. The fourth-order valence-electron chi connectivity index (χ4n) is 1.82. The van der Waals surface area contributed by atoms with Crippen LogP contribution in [0.4, 0.5) is 0 Å². The Morgan fingerprint density at radius 2 is 2.06 bits per heavy atom. The van der Waals surface area contributed by atoms with Gasteiger partial charge in [-0.05, 0) is 27.7 Å². The van der Waals surface area contributed by atoms with Gasteiger partial charge in [-0.1, -0.05) is 0 Å². The maximum atomic E-state index is 11.6. The normalized spacial score (nSPS) is 11.5. The van der Waals surface area contributed by atoms with E-state index < -0.39 is 0 Å². The maximum absolute atomic E-state index is 11.6. The van der Waals surface area contributed by atoms with Crippen LogP contribution in [0.5, 0.6) is 0 Å². The second-order valence-corrected chi connectivity index (χ2v) is 5.41. The topological polar surface area (TPSA) is 45.2 Å². The first-order valence-corrected chi connectivity index (χ1v) is 6.83. The Hall–Kier alpha value is -0.940. The van der Waals surface area contributed by atoms with Crippen LogP contribution in [0, 0.1) is 0 Å². The lowest BCUT2D eigenvalue weighted by molar-refractivity contribution is 0.0939. The summed E-state index contributed by atoms with van der Waals surface area (Å²) in [5.74, 6) is -0.0764. The highest BCUT2D eigenvalue weighted by Crippen LogP contribution is 2.05. The summed E-state index contributed by atoms with van der Waals surface area (Å²) in [4.78, 5) is 18.0. The zero-order valence-electron chi connectivity index (χ0n) is 10.9. The van der Waals surface area contributed by atoms with Crippen LogP contribution in [0.2, 0.25) is 0 Å². The van der Waals surface area contributed by atoms with E-state index in [2.05, 4.69) is 42.9 Å². The first-order chi connectivity index (χ1) is 8.02. The molecule has 0 saturated carbocycles. The van der Waals surface area contributed by atoms with Crippen molar-refractivity contribution >= 4 is 17.2 Å². The van der Waals surface area contributed by atoms with Crippen LogP contribution in [-0.2, 0) is 0 Å². The number of nitrogens with one attached hydrogen (secondary N) is 1. The van der Waals surface area contributed by atoms with Gasteiger partial charge in [-0.2, -0.15) is 0 Å². The third-order valence-electron chi connectivity index (χ3n) is 2.61. The van der Waals surface area contributed by atoms with Gasteiger partial charge >= 0.3 is 0 Å². The molecule has 1 aromatic heterocycles. The van der Waals surface area contributed by atoms with Crippen LogP contribution < -0.4 is 5.32 Å². The molecular weight excluding hydrogens is 234 g/mol. The Labute approximate surface area is 107 Å². The minimum absolute atomic E-state index is 0.0764. The Morgan fingerprint density at radius 1 is 1.41 bits per heavy atom. The summed E-state index contributed by atoms with van der Waals surface area (Å²) in [6.07, 6.45) is 1.65. The molecule has 4 nitrogen and oxygen atoms in total. The summed E-state index contributed by atoms with van der Waals surface area (Å²) in [6, 6.07) is 0.985. The predicted molar refractivity (Wildman–Crippen MR) is 71.4 cm³/mol. The van der Waals surface area contributed by atoms with Crippen molar-refractivity contribution < 1.29 is 4.79 Å². The van der Waals surface area contributed by atoms with Crippen LogP contribution in [-0.4, -0.2) is 41.0 Å². The smallest absolute Gasteiger partial charge is 0.280 e. The number of carbonyl (C=O) groups is 1. The van der Waals surface area contributed by atoms with Crippen molar-refractivity contribution in [3.8, 4) is 0 Å². The molecule has 1 heterocycles. The number of rotatable bonds is 6. The zero-order chi connectivity index (χ0) is 12.8. The lowest BCUT2D eigenvalue weighted by Gasteiger charge is -2.30. The molecule has 0 bridgehead atoms. The van der Waals surface area contributed by atoms with Gasteiger partial charge in [0.2, 0.25) is 0 Å². The van der Waals surface area contributed by atoms with Gasteiger partial charge in [0.25, 0.3) is 5.91 Å². The fourth-order valence-corrected chi connectivity index (χ4v) is 2.37. The van der Waals surface area contributed by atoms with Crippen LogP contribution >= 0.6 is 11.3 Å². The second-order valence-electron chi connectivity index (χ2n) is 4.52. The average Bonchev–Trinajstić information content (AvgIpc) is 2.76. The molecule has 0 aromatic carbocycles. The standard InChI is InChI=1S/C12H21N3OS/c1-9(2)15(10(3)4)7-5-13-11(16)12-14-6-8-17-12/h6,8-10H,5,7H2,1-4H3,(H,13,16). The van der Waals surface area contributed by atoms with E-state index in [-0.39, 0.29) is 5.91 Å². The monoisotopic (exact) mass is 255 g/mol. The van der Waals surface area contributed by atoms with Crippen molar-refractivity contribution in [3.63, 3.8) is 0 Å². The molecule has 1 N–H and O–H groups in total. The van der Waals surface area contributed by atoms with E-state index in [4.69, 9.17) is 0 Å². The lowest BCUT2D eigenvalue weighted by Crippen LogP contribution is -2.42. The van der Waals surface area contributed by atoms with Crippen LogP contribution in [0.15, 0.2) is 11.6 Å². The number of nitrogens with zero attached hydrogens (tertiary/aromatic N) is 2. The molecule has 5 heteroatoms. The second kappa shape index (κ2) is 6.71. The SMILES string of the molecule is CC(C)N(CCNC(=O)c1nccs1)C(C)C. The molecule has 0 atom stereocenters. The van der Waals surface area contributed by atoms with Gasteiger partial charge in [0.15, 0.2) is 5.01 Å². The van der Waals surface area contributed by atoms with Crippen molar-refractivity contribution in [1.82, 2.24) is 15.2 Å². The highest BCUT2D eigenvalue weighted by Gasteiger charge is 2.13. The minimum atomic E-state index is -0.0764. The summed E-state index contributed by atoms with van der Waals surface area (Å²) in [5, 5.41) is 5.23. The summed E-state index contributed by atoms with van der Waals surface area (Å²) in [6.45, 7) is 10.2. The average molecular weight is 255 g/mol. The third kappa shape index (κ3) is 4.44. The van der Waals surface area contributed by atoms with Crippen LogP contribution in [0.1, 0.15) is 37.5 Å². The summed E-state index contributed by atoms with van der Waals surface area (Å²) in [7, 11) is 0. The van der Waals surface area contributed by atoms with E-state index in [1.165, 1.54) is 11.3 Å². The number of amides is 1. The van der Waals surface area contributed by atoms with Gasteiger partial charge in [-0.25, -0.2) is 4.98 Å². The molecule has 17 heavy (non-hydrogen) atoms. The first kappa shape index (κ1) is 14.1. The molecule has 0 aliphatic heterocycles. The van der Waals surface area contributed by atoms with Gasteiger partial charge in [-0.3, -0.25) is 9.69 Å². The summed E-state index contributed by atoms with van der Waals surface area (Å²) < 4.78 is 0. The maximum Gasteiger partial charge on any atom is 0.280 e. The van der Waals surface area contributed by atoms with Crippen molar-refractivity contribution in [2.45, 2.75) is 39.8 Å². The summed E-state index contributed by atoms with van der Waals surface area (Å²) >= 11 is 1.37.